The Bertz CT molecular complexity index is 2990. The van der Waals surface area contributed by atoms with Crippen LogP contribution in [0.1, 0.15) is 0 Å². The maximum absolute atomic E-state index is 5.05. The van der Waals surface area contributed by atoms with E-state index in [4.69, 9.17) is 4.98 Å². The molecule has 0 amide bonds. The summed E-state index contributed by atoms with van der Waals surface area (Å²) < 4.78 is 0. The molecule has 6 heteroatoms. The van der Waals surface area contributed by atoms with Crippen molar-refractivity contribution in [2.75, 3.05) is 14.7 Å². The van der Waals surface area contributed by atoms with Crippen LogP contribution in [0.25, 0.3) is 10.9 Å². The van der Waals surface area contributed by atoms with Crippen LogP contribution in [0.15, 0.2) is 206 Å². The standard InChI is InChI=1S/C51H34B2N4/c1-4-20-36(21-5-1)52-39-26-10-15-31-44(39)57(45-32-16-18-35-19-17-33-54-50(35)45)47-34-46-49-51(48(47)52)56(38-24-8-3-9-25-38)43-30-14-12-28-41(43)53(49)40-27-11-13-29-42(40)55(46)37-22-6-2-7-23-37/h1-34H. The molecule has 12 rings (SSSR count). The number of benzene rings is 8. The highest BCUT2D eigenvalue weighted by molar-refractivity contribution is 7.03. The first-order chi connectivity index (χ1) is 28.3. The second-order valence-corrected chi connectivity index (χ2v) is 15.1. The minimum Gasteiger partial charge on any atom is -0.312 e. The van der Waals surface area contributed by atoms with E-state index in [9.17, 15) is 0 Å². The van der Waals surface area contributed by atoms with E-state index in [2.05, 4.69) is 209 Å². The van der Waals surface area contributed by atoms with Crippen LogP contribution in [0.5, 0.6) is 0 Å². The first kappa shape index (κ1) is 32.0. The van der Waals surface area contributed by atoms with Gasteiger partial charge in [0, 0.05) is 57.1 Å². The number of rotatable bonds is 4. The summed E-state index contributed by atoms with van der Waals surface area (Å²) in [5.74, 6) is 0. The molecule has 4 heterocycles. The van der Waals surface area contributed by atoms with Gasteiger partial charge >= 0.3 is 0 Å². The van der Waals surface area contributed by atoms with E-state index in [0.29, 0.717) is 0 Å². The Balaban J connectivity index is 1.30. The van der Waals surface area contributed by atoms with Crippen LogP contribution in [0.2, 0.25) is 0 Å². The highest BCUT2D eigenvalue weighted by Gasteiger charge is 2.48. The number of aromatic nitrogens is 1. The highest BCUT2D eigenvalue weighted by atomic mass is 15.2. The van der Waals surface area contributed by atoms with Gasteiger partial charge in [-0.1, -0.05) is 145 Å². The number of hydrogen-bond donors (Lipinski definition) is 0. The Kier molecular flexibility index (Phi) is 7.08. The lowest BCUT2D eigenvalue weighted by Gasteiger charge is -2.48. The molecule has 0 radical (unpaired) electrons. The Morgan fingerprint density at radius 3 is 1.49 bits per heavy atom. The molecule has 0 unspecified atom stereocenters. The van der Waals surface area contributed by atoms with Gasteiger partial charge in [-0.3, -0.25) is 4.98 Å². The molecule has 3 aliphatic heterocycles. The zero-order chi connectivity index (χ0) is 37.5. The lowest BCUT2D eigenvalue weighted by atomic mass is 9.30. The summed E-state index contributed by atoms with van der Waals surface area (Å²) in [5.41, 5.74) is 19.1. The van der Waals surface area contributed by atoms with E-state index in [1.165, 1.54) is 55.5 Å². The first-order valence-electron chi connectivity index (χ1n) is 19.7. The van der Waals surface area contributed by atoms with Crippen molar-refractivity contribution in [2.24, 2.45) is 0 Å². The van der Waals surface area contributed by atoms with Crippen molar-refractivity contribution in [2.45, 2.75) is 0 Å². The summed E-state index contributed by atoms with van der Waals surface area (Å²) in [7, 11) is 0. The molecule has 0 saturated carbocycles. The third kappa shape index (κ3) is 4.68. The van der Waals surface area contributed by atoms with Crippen molar-refractivity contribution in [1.82, 2.24) is 4.98 Å². The largest absolute Gasteiger partial charge is 0.312 e. The van der Waals surface area contributed by atoms with E-state index in [1.807, 2.05) is 12.3 Å². The molecule has 3 aliphatic rings. The zero-order valence-corrected chi connectivity index (χ0v) is 31.1. The van der Waals surface area contributed by atoms with E-state index >= 15 is 0 Å². The van der Waals surface area contributed by atoms with Crippen molar-refractivity contribution >= 4 is 108 Å². The second-order valence-electron chi connectivity index (χ2n) is 15.1. The van der Waals surface area contributed by atoms with Crippen molar-refractivity contribution in [1.29, 1.82) is 0 Å². The monoisotopic (exact) mass is 724 g/mol. The summed E-state index contributed by atoms with van der Waals surface area (Å²) in [6.07, 6.45) is 1.92. The highest BCUT2D eigenvalue weighted by Crippen LogP contribution is 2.48. The lowest BCUT2D eigenvalue weighted by Crippen LogP contribution is -2.66. The maximum Gasteiger partial charge on any atom is 0.252 e. The van der Waals surface area contributed by atoms with Crippen LogP contribution < -0.4 is 47.5 Å². The number of hydrogen-bond acceptors (Lipinski definition) is 4. The second kappa shape index (κ2) is 12.6. The third-order valence-electron chi connectivity index (χ3n) is 12.1. The van der Waals surface area contributed by atoms with Gasteiger partial charge in [0.25, 0.3) is 6.71 Å². The molecule has 0 N–H and O–H groups in total. The average molecular weight is 724 g/mol. The zero-order valence-electron chi connectivity index (χ0n) is 31.1. The van der Waals surface area contributed by atoms with Crippen LogP contribution in [-0.4, -0.2) is 18.4 Å². The predicted octanol–water partition coefficient (Wildman–Crippen LogP) is 8.62. The minimum atomic E-state index is -0.0589. The van der Waals surface area contributed by atoms with Crippen LogP contribution in [0.4, 0.5) is 51.2 Å². The Morgan fingerprint density at radius 2 is 0.825 bits per heavy atom. The van der Waals surface area contributed by atoms with Gasteiger partial charge in [-0.25, -0.2) is 0 Å². The van der Waals surface area contributed by atoms with Crippen LogP contribution in [0.3, 0.4) is 0 Å². The summed E-state index contributed by atoms with van der Waals surface area (Å²) in [4.78, 5) is 12.6. The number of pyridine rings is 1. The number of nitrogens with zero attached hydrogens (tertiary/aromatic N) is 4. The molecule has 4 nitrogen and oxygen atoms in total. The average Bonchev–Trinajstić information content (AvgIpc) is 3.28. The smallest absolute Gasteiger partial charge is 0.252 e. The Morgan fingerprint density at radius 1 is 0.351 bits per heavy atom. The number of para-hydroxylation sites is 6. The molecule has 0 atom stereocenters. The topological polar surface area (TPSA) is 22.6 Å². The molecular weight excluding hydrogens is 690 g/mol. The molecule has 0 aliphatic carbocycles. The van der Waals surface area contributed by atoms with E-state index < -0.39 is 0 Å². The number of anilines is 9. The SMILES string of the molecule is c1ccc(B2c3ccccc3N(c3cccc4cccnc34)c3cc4c5c(c32)N(c2ccccc2)c2ccccc2B5c2ccccc2N4c2ccccc2)cc1. The third-order valence-corrected chi connectivity index (χ3v) is 12.1. The van der Waals surface area contributed by atoms with Crippen LogP contribution in [-0.2, 0) is 0 Å². The fraction of sp³-hybridized carbons (Fsp3) is 0. The summed E-state index contributed by atoms with van der Waals surface area (Å²) in [6, 6.07) is 73.3. The normalized spacial score (nSPS) is 13.4. The van der Waals surface area contributed by atoms with Crippen molar-refractivity contribution in [3.05, 3.63) is 206 Å². The molecule has 0 saturated heterocycles. The lowest BCUT2D eigenvalue weighted by molar-refractivity contribution is 1.23. The van der Waals surface area contributed by atoms with Crippen LogP contribution in [0, 0.1) is 0 Å². The molecule has 1 aromatic heterocycles. The summed E-state index contributed by atoms with van der Waals surface area (Å²) in [5, 5.41) is 1.11. The molecular formula is C51H34B2N4. The molecule has 0 fully saturated rings. The fourth-order valence-corrected chi connectivity index (χ4v) is 9.89. The molecule has 8 aromatic carbocycles. The summed E-state index contributed by atoms with van der Waals surface area (Å²) >= 11 is 0. The Labute approximate surface area is 333 Å². The maximum atomic E-state index is 5.05. The van der Waals surface area contributed by atoms with Crippen molar-refractivity contribution < 1.29 is 0 Å². The van der Waals surface area contributed by atoms with Gasteiger partial charge < -0.3 is 14.7 Å². The Hall–Kier alpha value is -7.30. The quantitative estimate of drug-likeness (QED) is 0.170. The molecule has 9 aromatic rings. The van der Waals surface area contributed by atoms with Gasteiger partial charge in [0.15, 0.2) is 0 Å². The van der Waals surface area contributed by atoms with Crippen LogP contribution >= 0.6 is 0 Å². The minimum absolute atomic E-state index is 0.00823. The van der Waals surface area contributed by atoms with Gasteiger partial charge in [0.05, 0.1) is 11.2 Å². The van der Waals surface area contributed by atoms with Gasteiger partial charge in [-0.05, 0) is 88.0 Å². The van der Waals surface area contributed by atoms with E-state index in [1.54, 1.807) is 0 Å². The molecule has 0 spiro atoms. The summed E-state index contributed by atoms with van der Waals surface area (Å²) in [6.45, 7) is -0.0507. The van der Waals surface area contributed by atoms with Gasteiger partial charge in [0.2, 0.25) is 6.71 Å². The van der Waals surface area contributed by atoms with Crippen molar-refractivity contribution in [3.63, 3.8) is 0 Å². The van der Waals surface area contributed by atoms with Gasteiger partial charge in [0.1, 0.15) is 0 Å². The number of fused-ring (bicyclic) bond motifs is 8. The van der Waals surface area contributed by atoms with Gasteiger partial charge in [-0.2, -0.15) is 0 Å². The van der Waals surface area contributed by atoms with Crippen molar-refractivity contribution in [3.8, 4) is 0 Å². The predicted molar refractivity (Wildman–Crippen MR) is 242 cm³/mol. The molecule has 0 bridgehead atoms. The van der Waals surface area contributed by atoms with E-state index in [-0.39, 0.29) is 13.4 Å². The van der Waals surface area contributed by atoms with E-state index in [0.717, 1.165) is 39.3 Å². The first-order valence-corrected chi connectivity index (χ1v) is 19.7. The van der Waals surface area contributed by atoms with Gasteiger partial charge in [-0.15, -0.1) is 0 Å². The molecule has 264 valence electrons. The molecule has 57 heavy (non-hydrogen) atoms. The fourth-order valence-electron chi connectivity index (χ4n) is 9.89.